The molecular weight excluding hydrogens is 248 g/mol. The zero-order chi connectivity index (χ0) is 13.8. The molecule has 1 unspecified atom stereocenters. The molecular formula is C13H18N2O4. The maximum atomic E-state index is 11.6. The van der Waals surface area contributed by atoms with Gasteiger partial charge in [-0.2, -0.15) is 0 Å². The van der Waals surface area contributed by atoms with Crippen LogP contribution in [0.25, 0.3) is 0 Å². The van der Waals surface area contributed by atoms with Gasteiger partial charge < -0.3 is 14.2 Å². The van der Waals surface area contributed by atoms with Gasteiger partial charge in [-0.25, -0.2) is 5.84 Å². The number of carbonyl (C=O) groups excluding carboxylic acids is 1. The van der Waals surface area contributed by atoms with Gasteiger partial charge >= 0.3 is 0 Å². The van der Waals surface area contributed by atoms with Crippen LogP contribution in [-0.2, 0) is 16.1 Å². The molecule has 0 bridgehead atoms. The molecule has 6 heteroatoms. The second-order valence-corrected chi connectivity index (χ2v) is 4.67. The number of hydrogen-bond donors (Lipinski definition) is 2. The van der Waals surface area contributed by atoms with Crippen molar-refractivity contribution in [2.75, 3.05) is 6.79 Å². The second kappa shape index (κ2) is 5.90. The summed E-state index contributed by atoms with van der Waals surface area (Å²) in [6.45, 7) is 4.36. The second-order valence-electron chi connectivity index (χ2n) is 4.67. The normalized spacial score (nSPS) is 14.5. The van der Waals surface area contributed by atoms with Crippen molar-refractivity contribution in [3.63, 3.8) is 0 Å². The lowest BCUT2D eigenvalue weighted by Crippen LogP contribution is -2.43. The van der Waals surface area contributed by atoms with E-state index >= 15 is 0 Å². The lowest BCUT2D eigenvalue weighted by molar-refractivity contribution is -0.136. The predicted octanol–water partition coefficient (Wildman–Crippen LogP) is 0.946. The Morgan fingerprint density at radius 1 is 1.42 bits per heavy atom. The number of fused-ring (bicyclic) bond motifs is 1. The molecule has 1 atom stereocenters. The molecule has 0 fully saturated rings. The maximum absolute atomic E-state index is 11.6. The van der Waals surface area contributed by atoms with E-state index in [1.165, 1.54) is 0 Å². The van der Waals surface area contributed by atoms with Crippen LogP contribution in [0, 0.1) is 5.92 Å². The molecule has 6 nitrogen and oxygen atoms in total. The van der Waals surface area contributed by atoms with Crippen molar-refractivity contribution in [2.45, 2.75) is 26.6 Å². The molecule has 1 amide bonds. The molecule has 1 aromatic rings. The minimum atomic E-state index is -0.574. The van der Waals surface area contributed by atoms with Gasteiger partial charge in [0.15, 0.2) is 11.5 Å². The zero-order valence-electron chi connectivity index (χ0n) is 11.0. The Hall–Kier alpha value is -1.79. The Kier molecular flexibility index (Phi) is 4.24. The monoisotopic (exact) mass is 266 g/mol. The summed E-state index contributed by atoms with van der Waals surface area (Å²) in [5.74, 6) is 6.28. The van der Waals surface area contributed by atoms with E-state index in [1.807, 2.05) is 32.0 Å². The van der Waals surface area contributed by atoms with Crippen molar-refractivity contribution in [3.8, 4) is 11.5 Å². The first-order valence-electron chi connectivity index (χ1n) is 6.12. The Bertz CT molecular complexity index is 462. The van der Waals surface area contributed by atoms with Gasteiger partial charge in [0.2, 0.25) is 6.79 Å². The zero-order valence-corrected chi connectivity index (χ0v) is 11.0. The number of amides is 1. The van der Waals surface area contributed by atoms with E-state index in [2.05, 4.69) is 5.43 Å². The van der Waals surface area contributed by atoms with Gasteiger partial charge in [-0.05, 0) is 23.6 Å². The minimum absolute atomic E-state index is 0.0394. The number of nitrogens with two attached hydrogens (primary N) is 1. The Balaban J connectivity index is 1.99. The third-order valence-electron chi connectivity index (χ3n) is 2.87. The van der Waals surface area contributed by atoms with E-state index in [9.17, 15) is 4.79 Å². The average molecular weight is 266 g/mol. The van der Waals surface area contributed by atoms with Gasteiger partial charge in [0.1, 0.15) is 6.10 Å². The molecule has 0 aromatic heterocycles. The summed E-state index contributed by atoms with van der Waals surface area (Å²) < 4.78 is 16.1. The first kappa shape index (κ1) is 13.6. The first-order valence-corrected chi connectivity index (χ1v) is 6.12. The van der Waals surface area contributed by atoms with Gasteiger partial charge in [-0.3, -0.25) is 10.2 Å². The van der Waals surface area contributed by atoms with Crippen LogP contribution >= 0.6 is 0 Å². The molecule has 0 saturated heterocycles. The molecule has 1 aromatic carbocycles. The van der Waals surface area contributed by atoms with E-state index in [-0.39, 0.29) is 18.6 Å². The smallest absolute Gasteiger partial charge is 0.263 e. The average Bonchev–Trinajstić information content (AvgIpc) is 2.85. The Morgan fingerprint density at radius 3 is 2.84 bits per heavy atom. The van der Waals surface area contributed by atoms with Gasteiger partial charge in [0.05, 0.1) is 6.61 Å². The minimum Gasteiger partial charge on any atom is -0.454 e. The largest absolute Gasteiger partial charge is 0.454 e. The van der Waals surface area contributed by atoms with Gasteiger partial charge in [0.25, 0.3) is 5.91 Å². The van der Waals surface area contributed by atoms with Crippen LogP contribution in [0.1, 0.15) is 19.4 Å². The number of hydrazine groups is 1. The van der Waals surface area contributed by atoms with E-state index in [1.54, 1.807) is 0 Å². The van der Waals surface area contributed by atoms with Crippen molar-refractivity contribution in [1.29, 1.82) is 0 Å². The molecule has 3 N–H and O–H groups in total. The fourth-order valence-electron chi connectivity index (χ4n) is 1.87. The number of carbonyl (C=O) groups is 1. The predicted molar refractivity (Wildman–Crippen MR) is 68.3 cm³/mol. The summed E-state index contributed by atoms with van der Waals surface area (Å²) in [5.41, 5.74) is 3.03. The highest BCUT2D eigenvalue weighted by molar-refractivity contribution is 5.80. The lowest BCUT2D eigenvalue weighted by Gasteiger charge is -2.19. The van der Waals surface area contributed by atoms with E-state index in [4.69, 9.17) is 20.1 Å². The molecule has 0 radical (unpaired) electrons. The lowest BCUT2D eigenvalue weighted by atomic mass is 10.1. The van der Waals surface area contributed by atoms with Gasteiger partial charge in [0, 0.05) is 0 Å². The number of nitrogens with one attached hydrogen (secondary N) is 1. The van der Waals surface area contributed by atoms with Crippen molar-refractivity contribution >= 4 is 5.91 Å². The van der Waals surface area contributed by atoms with Gasteiger partial charge in [-0.1, -0.05) is 19.9 Å². The molecule has 1 aliphatic rings. The first-order chi connectivity index (χ1) is 9.11. The van der Waals surface area contributed by atoms with Crippen molar-refractivity contribution in [3.05, 3.63) is 23.8 Å². The molecule has 0 spiro atoms. The summed E-state index contributed by atoms with van der Waals surface area (Å²) in [6.07, 6.45) is -0.574. The molecule has 1 heterocycles. The fourth-order valence-corrected chi connectivity index (χ4v) is 1.87. The number of rotatable bonds is 5. The summed E-state index contributed by atoms with van der Waals surface area (Å²) in [6, 6.07) is 5.56. The van der Waals surface area contributed by atoms with E-state index in [0.29, 0.717) is 12.4 Å². The number of hydrogen-bond acceptors (Lipinski definition) is 5. The van der Waals surface area contributed by atoms with Gasteiger partial charge in [-0.15, -0.1) is 0 Å². The highest BCUT2D eigenvalue weighted by Crippen LogP contribution is 2.32. The van der Waals surface area contributed by atoms with E-state index in [0.717, 1.165) is 11.3 Å². The molecule has 2 rings (SSSR count). The Morgan fingerprint density at radius 2 is 2.16 bits per heavy atom. The summed E-state index contributed by atoms with van der Waals surface area (Å²) in [7, 11) is 0. The van der Waals surface area contributed by atoms with Crippen molar-refractivity contribution in [2.24, 2.45) is 11.8 Å². The SMILES string of the molecule is CC(C)C(OCc1ccc2c(c1)OCO2)C(=O)NN. The molecule has 1 aliphatic heterocycles. The highest BCUT2D eigenvalue weighted by Gasteiger charge is 2.22. The fraction of sp³-hybridized carbons (Fsp3) is 0.462. The summed E-state index contributed by atoms with van der Waals surface area (Å²) >= 11 is 0. The standard InChI is InChI=1S/C13H18N2O4/c1-8(2)12(13(16)15-14)17-6-9-3-4-10-11(5-9)19-7-18-10/h3-5,8,12H,6-7,14H2,1-2H3,(H,15,16). The molecule has 0 aliphatic carbocycles. The summed E-state index contributed by atoms with van der Waals surface area (Å²) in [4.78, 5) is 11.6. The van der Waals surface area contributed by atoms with Crippen LogP contribution in [0.4, 0.5) is 0 Å². The molecule has 0 saturated carbocycles. The van der Waals surface area contributed by atoms with Crippen molar-refractivity contribution < 1.29 is 19.0 Å². The third-order valence-corrected chi connectivity index (χ3v) is 2.87. The Labute approximate surface area is 111 Å². The van der Waals surface area contributed by atoms with Crippen LogP contribution < -0.4 is 20.7 Å². The van der Waals surface area contributed by atoms with Crippen LogP contribution in [0.15, 0.2) is 18.2 Å². The molecule has 19 heavy (non-hydrogen) atoms. The summed E-state index contributed by atoms with van der Waals surface area (Å²) in [5, 5.41) is 0. The quantitative estimate of drug-likeness (QED) is 0.471. The van der Waals surface area contributed by atoms with Crippen LogP contribution in [0.2, 0.25) is 0 Å². The van der Waals surface area contributed by atoms with Crippen molar-refractivity contribution in [1.82, 2.24) is 5.43 Å². The topological polar surface area (TPSA) is 82.8 Å². The highest BCUT2D eigenvalue weighted by atomic mass is 16.7. The van der Waals surface area contributed by atoms with E-state index < -0.39 is 6.10 Å². The number of ether oxygens (including phenoxy) is 3. The van der Waals surface area contributed by atoms with Crippen LogP contribution in [0.5, 0.6) is 11.5 Å². The number of benzene rings is 1. The third kappa shape index (κ3) is 3.15. The van der Waals surface area contributed by atoms with Crippen LogP contribution in [0.3, 0.4) is 0 Å². The maximum Gasteiger partial charge on any atom is 0.263 e. The van der Waals surface area contributed by atoms with Crippen LogP contribution in [-0.4, -0.2) is 18.8 Å². The molecule has 104 valence electrons.